The second-order valence-electron chi connectivity index (χ2n) is 6.61. The first-order valence-corrected chi connectivity index (χ1v) is 8.17. The van der Waals surface area contributed by atoms with Gasteiger partial charge in [-0.3, -0.25) is 4.79 Å². The molecule has 0 radical (unpaired) electrons. The summed E-state index contributed by atoms with van der Waals surface area (Å²) >= 11 is 0. The molecular formula is C16H30N2O. The maximum atomic E-state index is 12.2. The average molecular weight is 266 g/mol. The van der Waals surface area contributed by atoms with Crippen LogP contribution in [-0.2, 0) is 4.79 Å². The molecule has 2 heterocycles. The number of carbonyl (C=O) groups excluding carboxylic acids is 1. The Hall–Kier alpha value is -0.570. The summed E-state index contributed by atoms with van der Waals surface area (Å²) in [5.41, 5.74) is 0. The molecule has 2 fully saturated rings. The van der Waals surface area contributed by atoms with Gasteiger partial charge in [-0.05, 0) is 44.4 Å². The van der Waals surface area contributed by atoms with Crippen molar-refractivity contribution in [2.24, 2.45) is 11.8 Å². The van der Waals surface area contributed by atoms with Gasteiger partial charge < -0.3 is 10.6 Å². The van der Waals surface area contributed by atoms with E-state index in [1.54, 1.807) is 0 Å². The SMILES string of the molecule is CCC(CC)C(C)NC(=O)CC1CC2CCC(C1)N2. The summed E-state index contributed by atoms with van der Waals surface area (Å²) in [6.45, 7) is 6.57. The quantitative estimate of drug-likeness (QED) is 0.776. The van der Waals surface area contributed by atoms with E-state index >= 15 is 0 Å². The van der Waals surface area contributed by atoms with Gasteiger partial charge in [-0.25, -0.2) is 0 Å². The van der Waals surface area contributed by atoms with Crippen molar-refractivity contribution in [3.8, 4) is 0 Å². The lowest BCUT2D eigenvalue weighted by Crippen LogP contribution is -2.42. The summed E-state index contributed by atoms with van der Waals surface area (Å²) in [4.78, 5) is 12.2. The van der Waals surface area contributed by atoms with Crippen LogP contribution in [-0.4, -0.2) is 24.0 Å². The molecule has 3 atom stereocenters. The molecule has 3 unspecified atom stereocenters. The maximum Gasteiger partial charge on any atom is 0.220 e. The van der Waals surface area contributed by atoms with E-state index in [2.05, 4.69) is 31.4 Å². The lowest BCUT2D eigenvalue weighted by atomic mass is 9.89. The van der Waals surface area contributed by atoms with E-state index < -0.39 is 0 Å². The maximum absolute atomic E-state index is 12.2. The van der Waals surface area contributed by atoms with E-state index in [9.17, 15) is 4.79 Å². The van der Waals surface area contributed by atoms with Gasteiger partial charge in [0.2, 0.25) is 5.91 Å². The predicted octanol–water partition coefficient (Wildman–Crippen LogP) is 2.85. The van der Waals surface area contributed by atoms with Crippen molar-refractivity contribution in [2.75, 3.05) is 0 Å². The number of hydrogen-bond acceptors (Lipinski definition) is 2. The molecule has 3 nitrogen and oxygen atoms in total. The van der Waals surface area contributed by atoms with Crippen LogP contribution < -0.4 is 10.6 Å². The van der Waals surface area contributed by atoms with Gasteiger partial charge in [0.1, 0.15) is 0 Å². The molecule has 2 aliphatic rings. The average Bonchev–Trinajstić information content (AvgIpc) is 2.70. The Kier molecular flexibility index (Phi) is 5.26. The van der Waals surface area contributed by atoms with Crippen molar-refractivity contribution in [1.29, 1.82) is 0 Å². The minimum Gasteiger partial charge on any atom is -0.353 e. The van der Waals surface area contributed by atoms with E-state index in [-0.39, 0.29) is 5.91 Å². The molecule has 0 aromatic heterocycles. The van der Waals surface area contributed by atoms with Gasteiger partial charge in [0, 0.05) is 24.5 Å². The lowest BCUT2D eigenvalue weighted by Gasteiger charge is -2.29. The van der Waals surface area contributed by atoms with Crippen molar-refractivity contribution in [3.05, 3.63) is 0 Å². The topological polar surface area (TPSA) is 41.1 Å². The van der Waals surface area contributed by atoms with E-state index in [4.69, 9.17) is 0 Å². The molecule has 2 bridgehead atoms. The second-order valence-corrected chi connectivity index (χ2v) is 6.61. The fourth-order valence-electron chi connectivity index (χ4n) is 4.03. The normalized spacial score (nSPS) is 31.5. The molecule has 3 heteroatoms. The summed E-state index contributed by atoms with van der Waals surface area (Å²) in [6.07, 6.45) is 8.05. The second kappa shape index (κ2) is 6.74. The number of amides is 1. The first kappa shape index (κ1) is 14.8. The monoisotopic (exact) mass is 266 g/mol. The third-order valence-corrected chi connectivity index (χ3v) is 5.19. The highest BCUT2D eigenvalue weighted by Crippen LogP contribution is 2.32. The zero-order valence-electron chi connectivity index (χ0n) is 12.7. The van der Waals surface area contributed by atoms with Crippen LogP contribution in [0.4, 0.5) is 0 Å². The number of nitrogens with one attached hydrogen (secondary N) is 2. The van der Waals surface area contributed by atoms with Crippen LogP contribution in [0.1, 0.15) is 65.7 Å². The van der Waals surface area contributed by atoms with Gasteiger partial charge in [0.25, 0.3) is 0 Å². The first-order valence-electron chi connectivity index (χ1n) is 8.17. The third kappa shape index (κ3) is 3.95. The minimum absolute atomic E-state index is 0.269. The fraction of sp³-hybridized carbons (Fsp3) is 0.938. The smallest absolute Gasteiger partial charge is 0.220 e. The molecule has 1 amide bonds. The molecule has 2 aliphatic heterocycles. The van der Waals surface area contributed by atoms with Crippen molar-refractivity contribution >= 4 is 5.91 Å². The van der Waals surface area contributed by atoms with E-state index in [1.807, 2.05) is 0 Å². The van der Waals surface area contributed by atoms with Crippen molar-refractivity contribution in [3.63, 3.8) is 0 Å². The van der Waals surface area contributed by atoms with Crippen LogP contribution in [0.25, 0.3) is 0 Å². The van der Waals surface area contributed by atoms with Gasteiger partial charge in [-0.1, -0.05) is 26.7 Å². The Morgan fingerprint density at radius 2 is 1.79 bits per heavy atom. The minimum atomic E-state index is 0.269. The number of rotatable bonds is 6. The molecule has 0 saturated carbocycles. The van der Waals surface area contributed by atoms with Crippen LogP contribution >= 0.6 is 0 Å². The zero-order valence-corrected chi connectivity index (χ0v) is 12.7. The lowest BCUT2D eigenvalue weighted by molar-refractivity contribution is -0.123. The molecule has 0 aliphatic carbocycles. The third-order valence-electron chi connectivity index (χ3n) is 5.19. The van der Waals surface area contributed by atoms with E-state index in [1.165, 1.54) is 25.7 Å². The highest BCUT2D eigenvalue weighted by Gasteiger charge is 2.34. The molecule has 0 aromatic rings. The Bertz CT molecular complexity index is 289. The van der Waals surface area contributed by atoms with E-state index in [0.717, 1.165) is 19.3 Å². The molecular weight excluding hydrogens is 236 g/mol. The zero-order chi connectivity index (χ0) is 13.8. The van der Waals surface area contributed by atoms with Crippen LogP contribution in [0.15, 0.2) is 0 Å². The van der Waals surface area contributed by atoms with Gasteiger partial charge in [-0.2, -0.15) is 0 Å². The van der Waals surface area contributed by atoms with E-state index in [0.29, 0.717) is 30.0 Å². The molecule has 2 saturated heterocycles. The van der Waals surface area contributed by atoms with Gasteiger partial charge in [0.05, 0.1) is 0 Å². The van der Waals surface area contributed by atoms with Crippen LogP contribution in [0.5, 0.6) is 0 Å². The van der Waals surface area contributed by atoms with Crippen LogP contribution in [0.3, 0.4) is 0 Å². The number of fused-ring (bicyclic) bond motifs is 2. The summed E-state index contributed by atoms with van der Waals surface area (Å²) in [5.74, 6) is 1.49. The summed E-state index contributed by atoms with van der Waals surface area (Å²) in [6, 6.07) is 1.70. The Labute approximate surface area is 117 Å². The highest BCUT2D eigenvalue weighted by atomic mass is 16.1. The van der Waals surface area contributed by atoms with Gasteiger partial charge in [0.15, 0.2) is 0 Å². The molecule has 0 aromatic carbocycles. The van der Waals surface area contributed by atoms with Crippen molar-refractivity contribution in [2.45, 2.75) is 83.8 Å². The standard InChI is InChI=1S/C16H30N2O/c1-4-13(5-2)11(3)17-16(19)10-12-8-14-6-7-15(9-12)18-14/h11-15,18H,4-10H2,1-3H3,(H,17,19). The summed E-state index contributed by atoms with van der Waals surface area (Å²) in [5, 5.41) is 6.86. The number of hydrogen-bond donors (Lipinski definition) is 2. The predicted molar refractivity (Wildman–Crippen MR) is 79.0 cm³/mol. The molecule has 2 N–H and O–H groups in total. The Morgan fingerprint density at radius 1 is 1.21 bits per heavy atom. The highest BCUT2D eigenvalue weighted by molar-refractivity contribution is 5.76. The first-order chi connectivity index (χ1) is 9.12. The summed E-state index contributed by atoms with van der Waals surface area (Å²) < 4.78 is 0. The van der Waals surface area contributed by atoms with Gasteiger partial charge in [-0.15, -0.1) is 0 Å². The Balaban J connectivity index is 1.75. The van der Waals surface area contributed by atoms with Crippen molar-refractivity contribution < 1.29 is 4.79 Å². The molecule has 19 heavy (non-hydrogen) atoms. The Morgan fingerprint density at radius 3 is 2.32 bits per heavy atom. The molecule has 2 rings (SSSR count). The number of carbonyl (C=O) groups is 1. The van der Waals surface area contributed by atoms with Crippen molar-refractivity contribution in [1.82, 2.24) is 10.6 Å². The number of piperidine rings is 1. The molecule has 0 spiro atoms. The fourth-order valence-corrected chi connectivity index (χ4v) is 4.03. The van der Waals surface area contributed by atoms with Crippen LogP contribution in [0, 0.1) is 11.8 Å². The summed E-state index contributed by atoms with van der Waals surface area (Å²) in [7, 11) is 0. The van der Waals surface area contributed by atoms with Crippen LogP contribution in [0.2, 0.25) is 0 Å². The van der Waals surface area contributed by atoms with Gasteiger partial charge >= 0.3 is 0 Å². The molecule has 110 valence electrons. The largest absolute Gasteiger partial charge is 0.353 e.